The Balaban J connectivity index is 2.23. The van der Waals surface area contributed by atoms with Gasteiger partial charge in [-0.1, -0.05) is 6.07 Å². The van der Waals surface area contributed by atoms with E-state index in [0.29, 0.717) is 5.82 Å². The maximum atomic E-state index is 10.8. The Morgan fingerprint density at radius 3 is 2.78 bits per heavy atom. The summed E-state index contributed by atoms with van der Waals surface area (Å²) in [6.45, 7) is 1.57. The van der Waals surface area contributed by atoms with Crippen LogP contribution in [0.3, 0.4) is 0 Å². The number of hydrogen-bond donors (Lipinski definition) is 2. The van der Waals surface area contributed by atoms with Gasteiger partial charge in [-0.3, -0.25) is 9.78 Å². The predicted octanol–water partition coefficient (Wildman–Crippen LogP) is 2.03. The van der Waals surface area contributed by atoms with Gasteiger partial charge in [-0.05, 0) is 31.2 Å². The summed E-state index contributed by atoms with van der Waals surface area (Å²) in [5.41, 5.74) is 1.72. The summed E-state index contributed by atoms with van der Waals surface area (Å²) in [6, 6.07) is 8.56. The van der Waals surface area contributed by atoms with Crippen LogP contribution >= 0.6 is 0 Å². The van der Waals surface area contributed by atoms with Gasteiger partial charge in [0, 0.05) is 18.0 Å². The van der Waals surface area contributed by atoms with Gasteiger partial charge in [0.05, 0.1) is 5.69 Å². The van der Waals surface area contributed by atoms with Gasteiger partial charge in [0.25, 0.3) is 0 Å². The van der Waals surface area contributed by atoms with Gasteiger partial charge in [-0.25, -0.2) is 4.98 Å². The lowest BCUT2D eigenvalue weighted by molar-refractivity contribution is -0.137. The quantitative estimate of drug-likeness (QED) is 0.859. The first-order chi connectivity index (χ1) is 8.66. The van der Waals surface area contributed by atoms with Crippen LogP contribution in [0.1, 0.15) is 6.92 Å². The molecular weight excluding hydrogens is 230 g/mol. The van der Waals surface area contributed by atoms with E-state index >= 15 is 0 Å². The molecule has 5 nitrogen and oxygen atoms in total. The number of rotatable bonds is 4. The van der Waals surface area contributed by atoms with Crippen LogP contribution < -0.4 is 5.32 Å². The summed E-state index contributed by atoms with van der Waals surface area (Å²) >= 11 is 0. The second-order valence-electron chi connectivity index (χ2n) is 3.85. The summed E-state index contributed by atoms with van der Waals surface area (Å²) in [6.07, 6.45) is 3.34. The molecule has 0 radical (unpaired) electrons. The summed E-state index contributed by atoms with van der Waals surface area (Å²) in [4.78, 5) is 19.1. The van der Waals surface area contributed by atoms with E-state index in [1.165, 1.54) is 0 Å². The first kappa shape index (κ1) is 12.0. The van der Waals surface area contributed by atoms with E-state index in [4.69, 9.17) is 5.11 Å². The minimum atomic E-state index is -0.917. The number of hydrogen-bond acceptors (Lipinski definition) is 4. The van der Waals surface area contributed by atoms with E-state index in [-0.39, 0.29) is 0 Å². The van der Waals surface area contributed by atoms with Gasteiger partial charge < -0.3 is 10.4 Å². The Bertz CT molecular complexity index is 543. The number of anilines is 1. The largest absolute Gasteiger partial charge is 0.480 e. The Hall–Kier alpha value is -2.43. The van der Waals surface area contributed by atoms with Crippen LogP contribution in [-0.4, -0.2) is 27.1 Å². The number of carboxylic acid groups (broad SMARTS) is 1. The second kappa shape index (κ2) is 5.27. The zero-order valence-corrected chi connectivity index (χ0v) is 9.87. The van der Waals surface area contributed by atoms with Crippen molar-refractivity contribution in [3.05, 3.63) is 42.7 Å². The maximum absolute atomic E-state index is 10.8. The Kier molecular flexibility index (Phi) is 3.52. The van der Waals surface area contributed by atoms with Crippen LogP contribution in [-0.2, 0) is 4.79 Å². The van der Waals surface area contributed by atoms with Gasteiger partial charge in [-0.15, -0.1) is 0 Å². The minimum absolute atomic E-state index is 0.521. The molecule has 0 unspecified atom stereocenters. The van der Waals surface area contributed by atoms with Crippen LogP contribution in [0.15, 0.2) is 42.7 Å². The first-order valence-corrected chi connectivity index (χ1v) is 5.53. The van der Waals surface area contributed by atoms with Crippen molar-refractivity contribution in [3.8, 4) is 11.3 Å². The van der Waals surface area contributed by atoms with E-state index in [9.17, 15) is 4.79 Å². The molecular formula is C13H13N3O2. The normalized spacial score (nSPS) is 11.8. The fraction of sp³-hybridized carbons (Fsp3) is 0.154. The average Bonchev–Trinajstić information content (AvgIpc) is 2.40. The van der Waals surface area contributed by atoms with E-state index in [1.807, 2.05) is 24.3 Å². The smallest absolute Gasteiger partial charge is 0.325 e. The molecule has 5 heteroatoms. The number of aromatic nitrogens is 2. The molecule has 0 aliphatic heterocycles. The lowest BCUT2D eigenvalue weighted by atomic mass is 10.2. The fourth-order valence-corrected chi connectivity index (χ4v) is 1.49. The molecule has 0 aromatic carbocycles. The zero-order valence-electron chi connectivity index (χ0n) is 9.87. The van der Waals surface area contributed by atoms with Crippen molar-refractivity contribution in [1.29, 1.82) is 0 Å². The molecule has 0 spiro atoms. The maximum Gasteiger partial charge on any atom is 0.325 e. The van der Waals surface area contributed by atoms with Crippen LogP contribution in [0.4, 0.5) is 5.82 Å². The number of pyridine rings is 2. The lowest BCUT2D eigenvalue weighted by Gasteiger charge is -2.10. The SMILES string of the molecule is C[C@H](Nc1cc(-c2ccccn2)ccn1)C(=O)O. The van der Waals surface area contributed by atoms with Crippen molar-refractivity contribution in [2.24, 2.45) is 0 Å². The number of nitrogens with one attached hydrogen (secondary N) is 1. The molecule has 0 amide bonds. The van der Waals surface area contributed by atoms with Gasteiger partial charge in [0.2, 0.25) is 0 Å². The third-order valence-electron chi connectivity index (χ3n) is 2.46. The van der Waals surface area contributed by atoms with Crippen molar-refractivity contribution in [2.45, 2.75) is 13.0 Å². The van der Waals surface area contributed by atoms with Crippen LogP contribution in [0.2, 0.25) is 0 Å². The molecule has 0 fully saturated rings. The molecule has 2 rings (SSSR count). The van der Waals surface area contributed by atoms with Gasteiger partial charge in [0.1, 0.15) is 11.9 Å². The summed E-state index contributed by atoms with van der Waals surface area (Å²) in [7, 11) is 0. The van der Waals surface area contributed by atoms with Crippen molar-refractivity contribution in [1.82, 2.24) is 9.97 Å². The van der Waals surface area contributed by atoms with Crippen LogP contribution in [0.5, 0.6) is 0 Å². The molecule has 2 N–H and O–H groups in total. The fourth-order valence-electron chi connectivity index (χ4n) is 1.49. The standard InChI is InChI=1S/C13H13N3O2/c1-9(13(17)18)16-12-8-10(5-7-15-12)11-4-2-3-6-14-11/h2-9H,1H3,(H,15,16)(H,17,18)/t9-/m0/s1. The highest BCUT2D eigenvalue weighted by Gasteiger charge is 2.11. The van der Waals surface area contributed by atoms with E-state index in [2.05, 4.69) is 15.3 Å². The number of carbonyl (C=O) groups is 1. The molecule has 0 saturated carbocycles. The predicted molar refractivity (Wildman–Crippen MR) is 68.2 cm³/mol. The van der Waals surface area contributed by atoms with Crippen molar-refractivity contribution >= 4 is 11.8 Å². The average molecular weight is 243 g/mol. The third kappa shape index (κ3) is 2.82. The second-order valence-corrected chi connectivity index (χ2v) is 3.85. The Morgan fingerprint density at radius 2 is 2.11 bits per heavy atom. The molecule has 92 valence electrons. The van der Waals surface area contributed by atoms with E-state index < -0.39 is 12.0 Å². The monoisotopic (exact) mass is 243 g/mol. The first-order valence-electron chi connectivity index (χ1n) is 5.53. The summed E-state index contributed by atoms with van der Waals surface area (Å²) in [5.74, 6) is -0.395. The number of aliphatic carboxylic acids is 1. The van der Waals surface area contributed by atoms with E-state index in [1.54, 1.807) is 25.4 Å². The minimum Gasteiger partial charge on any atom is -0.480 e. The molecule has 0 aliphatic rings. The molecule has 2 heterocycles. The molecule has 0 bridgehead atoms. The summed E-state index contributed by atoms with van der Waals surface area (Å²) < 4.78 is 0. The molecule has 18 heavy (non-hydrogen) atoms. The van der Waals surface area contributed by atoms with Crippen molar-refractivity contribution < 1.29 is 9.90 Å². The zero-order chi connectivity index (χ0) is 13.0. The molecule has 1 atom stereocenters. The Morgan fingerprint density at radius 1 is 1.28 bits per heavy atom. The molecule has 0 saturated heterocycles. The van der Waals surface area contributed by atoms with Gasteiger partial charge in [0.15, 0.2) is 0 Å². The van der Waals surface area contributed by atoms with Crippen LogP contribution in [0.25, 0.3) is 11.3 Å². The number of carboxylic acids is 1. The third-order valence-corrected chi connectivity index (χ3v) is 2.46. The topological polar surface area (TPSA) is 75.1 Å². The Labute approximate surface area is 105 Å². The number of nitrogens with zero attached hydrogens (tertiary/aromatic N) is 2. The highest BCUT2D eigenvalue weighted by molar-refractivity contribution is 5.76. The van der Waals surface area contributed by atoms with Gasteiger partial charge >= 0.3 is 5.97 Å². The lowest BCUT2D eigenvalue weighted by Crippen LogP contribution is -2.25. The highest BCUT2D eigenvalue weighted by atomic mass is 16.4. The van der Waals surface area contributed by atoms with E-state index in [0.717, 1.165) is 11.3 Å². The van der Waals surface area contributed by atoms with Crippen molar-refractivity contribution in [2.75, 3.05) is 5.32 Å². The summed E-state index contributed by atoms with van der Waals surface area (Å²) in [5, 5.41) is 11.6. The van der Waals surface area contributed by atoms with Crippen molar-refractivity contribution in [3.63, 3.8) is 0 Å². The van der Waals surface area contributed by atoms with Gasteiger partial charge in [-0.2, -0.15) is 0 Å². The highest BCUT2D eigenvalue weighted by Crippen LogP contribution is 2.18. The molecule has 2 aromatic heterocycles. The molecule has 0 aliphatic carbocycles. The van der Waals surface area contributed by atoms with Crippen LogP contribution in [0, 0.1) is 0 Å². The molecule has 2 aromatic rings.